The molecule has 0 aliphatic carbocycles. The second-order valence-electron chi connectivity index (χ2n) is 5.41. The van der Waals surface area contributed by atoms with Gasteiger partial charge in [0.2, 0.25) is 0 Å². The van der Waals surface area contributed by atoms with Crippen LogP contribution < -0.4 is 10.0 Å². The zero-order valence-corrected chi connectivity index (χ0v) is 14.4. The highest BCUT2D eigenvalue weighted by molar-refractivity contribution is 7.90. The summed E-state index contributed by atoms with van der Waals surface area (Å²) in [6.07, 6.45) is 3.13. The lowest BCUT2D eigenvalue weighted by Gasteiger charge is -2.18. The summed E-state index contributed by atoms with van der Waals surface area (Å²) in [4.78, 5) is 0. The standard InChI is InChI=1S/C13H27N5O2S/c1-6-12-13(10-17(4)15-12)16-21(19,20)18(5)9-7-8-14-11(2)3/h10-11,14,16H,6-9H2,1-5H3. The zero-order chi connectivity index (χ0) is 16.0. The fourth-order valence-electron chi connectivity index (χ4n) is 1.91. The molecule has 8 heteroatoms. The molecule has 0 atom stereocenters. The van der Waals surface area contributed by atoms with Gasteiger partial charge in [-0.3, -0.25) is 9.40 Å². The van der Waals surface area contributed by atoms with E-state index in [-0.39, 0.29) is 0 Å². The highest BCUT2D eigenvalue weighted by atomic mass is 32.2. The molecule has 0 unspecified atom stereocenters. The fraction of sp³-hybridized carbons (Fsp3) is 0.769. The van der Waals surface area contributed by atoms with Gasteiger partial charge in [0.1, 0.15) is 0 Å². The average molecular weight is 317 g/mol. The van der Waals surface area contributed by atoms with Crippen molar-refractivity contribution in [2.75, 3.05) is 24.9 Å². The molecule has 0 aliphatic heterocycles. The van der Waals surface area contributed by atoms with Crippen LogP contribution >= 0.6 is 0 Å². The van der Waals surface area contributed by atoms with Crippen LogP contribution in [0.2, 0.25) is 0 Å². The first-order chi connectivity index (χ1) is 9.76. The smallest absolute Gasteiger partial charge is 0.301 e. The van der Waals surface area contributed by atoms with Crippen molar-refractivity contribution in [1.82, 2.24) is 19.4 Å². The Kier molecular flexibility index (Phi) is 6.63. The first-order valence-electron chi connectivity index (χ1n) is 7.26. The molecule has 0 fully saturated rings. The van der Waals surface area contributed by atoms with E-state index < -0.39 is 10.2 Å². The highest BCUT2D eigenvalue weighted by Gasteiger charge is 2.19. The number of aryl methyl sites for hydroxylation is 2. The molecule has 1 aromatic rings. The maximum absolute atomic E-state index is 12.3. The molecule has 0 saturated carbocycles. The molecule has 1 rings (SSSR count). The van der Waals surface area contributed by atoms with E-state index in [4.69, 9.17) is 0 Å². The molecular weight excluding hydrogens is 290 g/mol. The number of hydrogen-bond acceptors (Lipinski definition) is 4. The number of rotatable bonds is 9. The molecule has 21 heavy (non-hydrogen) atoms. The third-order valence-corrected chi connectivity index (χ3v) is 4.57. The van der Waals surface area contributed by atoms with Gasteiger partial charge in [-0.2, -0.15) is 17.8 Å². The highest BCUT2D eigenvalue weighted by Crippen LogP contribution is 2.16. The van der Waals surface area contributed by atoms with Crippen molar-refractivity contribution < 1.29 is 8.42 Å². The fourth-order valence-corrected chi connectivity index (χ4v) is 2.88. The maximum atomic E-state index is 12.3. The largest absolute Gasteiger partial charge is 0.314 e. The number of nitrogens with zero attached hydrogens (tertiary/aromatic N) is 3. The van der Waals surface area contributed by atoms with E-state index in [1.807, 2.05) is 6.92 Å². The van der Waals surface area contributed by atoms with E-state index in [0.717, 1.165) is 18.7 Å². The Morgan fingerprint density at radius 1 is 1.43 bits per heavy atom. The quantitative estimate of drug-likeness (QED) is 0.665. The van der Waals surface area contributed by atoms with Crippen molar-refractivity contribution >= 4 is 15.9 Å². The van der Waals surface area contributed by atoms with E-state index in [1.54, 1.807) is 25.0 Å². The van der Waals surface area contributed by atoms with E-state index in [2.05, 4.69) is 29.0 Å². The van der Waals surface area contributed by atoms with Gasteiger partial charge in [-0.15, -0.1) is 0 Å². The van der Waals surface area contributed by atoms with Gasteiger partial charge in [0.05, 0.1) is 11.4 Å². The van der Waals surface area contributed by atoms with Gasteiger partial charge in [0, 0.05) is 32.9 Å². The van der Waals surface area contributed by atoms with Crippen molar-refractivity contribution in [3.05, 3.63) is 11.9 Å². The van der Waals surface area contributed by atoms with Gasteiger partial charge < -0.3 is 5.32 Å². The van der Waals surface area contributed by atoms with Crippen molar-refractivity contribution in [2.45, 2.75) is 39.7 Å². The van der Waals surface area contributed by atoms with Crippen LogP contribution in [0.15, 0.2) is 6.20 Å². The Morgan fingerprint density at radius 2 is 2.10 bits per heavy atom. The minimum atomic E-state index is -3.53. The van der Waals surface area contributed by atoms with Crippen LogP contribution in [0, 0.1) is 0 Å². The zero-order valence-electron chi connectivity index (χ0n) is 13.5. The van der Waals surface area contributed by atoms with Gasteiger partial charge in [-0.1, -0.05) is 20.8 Å². The number of nitrogens with one attached hydrogen (secondary N) is 2. The van der Waals surface area contributed by atoms with E-state index in [9.17, 15) is 8.42 Å². The summed E-state index contributed by atoms with van der Waals surface area (Å²) in [5.74, 6) is 0. The molecule has 7 nitrogen and oxygen atoms in total. The molecule has 0 amide bonds. The molecule has 0 bridgehead atoms. The molecule has 0 aromatic carbocycles. The molecule has 1 heterocycles. The Bertz CT molecular complexity index is 539. The summed E-state index contributed by atoms with van der Waals surface area (Å²) in [6, 6.07) is 0.410. The van der Waals surface area contributed by atoms with Gasteiger partial charge >= 0.3 is 10.2 Å². The van der Waals surface area contributed by atoms with Crippen molar-refractivity contribution in [3.63, 3.8) is 0 Å². The first-order valence-corrected chi connectivity index (χ1v) is 8.70. The topological polar surface area (TPSA) is 79.3 Å². The summed E-state index contributed by atoms with van der Waals surface area (Å²) in [7, 11) is -0.172. The van der Waals surface area contributed by atoms with Gasteiger partial charge in [-0.25, -0.2) is 0 Å². The number of hydrogen-bond donors (Lipinski definition) is 2. The molecule has 0 aliphatic rings. The van der Waals surface area contributed by atoms with Crippen molar-refractivity contribution in [2.24, 2.45) is 7.05 Å². The lowest BCUT2D eigenvalue weighted by molar-refractivity contribution is 0.451. The third kappa shape index (κ3) is 5.64. The minimum Gasteiger partial charge on any atom is -0.314 e. The SMILES string of the molecule is CCc1nn(C)cc1NS(=O)(=O)N(C)CCCNC(C)C. The van der Waals surface area contributed by atoms with Crippen molar-refractivity contribution in [3.8, 4) is 0 Å². The number of aromatic nitrogens is 2. The third-order valence-electron chi connectivity index (χ3n) is 3.09. The molecular formula is C13H27N5O2S. The first kappa shape index (κ1) is 17.9. The Morgan fingerprint density at radius 3 is 2.67 bits per heavy atom. The Hall–Kier alpha value is -1.12. The van der Waals surface area contributed by atoms with Gasteiger partial charge in [0.15, 0.2) is 0 Å². The van der Waals surface area contributed by atoms with E-state index in [0.29, 0.717) is 24.7 Å². The molecule has 0 saturated heterocycles. The monoisotopic (exact) mass is 317 g/mol. The summed E-state index contributed by atoms with van der Waals surface area (Å²) in [5, 5.41) is 7.50. The lowest BCUT2D eigenvalue weighted by Crippen LogP contribution is -2.35. The maximum Gasteiger partial charge on any atom is 0.301 e. The van der Waals surface area contributed by atoms with Crippen LogP contribution in [0.3, 0.4) is 0 Å². The Balaban J connectivity index is 2.59. The van der Waals surface area contributed by atoms with Crippen LogP contribution in [0.4, 0.5) is 5.69 Å². The molecule has 2 N–H and O–H groups in total. The molecule has 1 aromatic heterocycles. The average Bonchev–Trinajstić information content (AvgIpc) is 2.73. The summed E-state index contributed by atoms with van der Waals surface area (Å²) in [6.45, 7) is 7.34. The normalized spacial score (nSPS) is 12.3. The van der Waals surface area contributed by atoms with Crippen LogP contribution in [-0.4, -0.2) is 48.7 Å². The molecule has 0 radical (unpaired) electrons. The second kappa shape index (κ2) is 7.77. The van der Waals surface area contributed by atoms with Crippen LogP contribution in [0.1, 0.15) is 32.9 Å². The molecule has 0 spiro atoms. The second-order valence-corrected chi connectivity index (χ2v) is 7.19. The minimum absolute atomic E-state index is 0.410. The van der Waals surface area contributed by atoms with Gasteiger partial charge in [0.25, 0.3) is 0 Å². The summed E-state index contributed by atoms with van der Waals surface area (Å²) in [5.41, 5.74) is 1.29. The van der Waals surface area contributed by atoms with E-state index in [1.165, 1.54) is 4.31 Å². The predicted molar refractivity (Wildman–Crippen MR) is 85.5 cm³/mol. The predicted octanol–water partition coefficient (Wildman–Crippen LogP) is 0.959. The van der Waals surface area contributed by atoms with Crippen molar-refractivity contribution in [1.29, 1.82) is 0 Å². The lowest BCUT2D eigenvalue weighted by atomic mass is 10.3. The Labute approximate surface area is 127 Å². The summed E-state index contributed by atoms with van der Waals surface area (Å²) >= 11 is 0. The van der Waals surface area contributed by atoms with Crippen LogP contribution in [0.25, 0.3) is 0 Å². The van der Waals surface area contributed by atoms with Crippen LogP contribution in [0.5, 0.6) is 0 Å². The van der Waals surface area contributed by atoms with Gasteiger partial charge in [-0.05, 0) is 19.4 Å². The molecule has 122 valence electrons. The van der Waals surface area contributed by atoms with Crippen LogP contribution in [-0.2, 0) is 23.7 Å². The summed E-state index contributed by atoms with van der Waals surface area (Å²) < 4.78 is 30.1. The number of anilines is 1. The van der Waals surface area contributed by atoms with E-state index >= 15 is 0 Å².